The lowest BCUT2D eigenvalue weighted by Gasteiger charge is -2.09. The maximum Gasteiger partial charge on any atom is 0.265 e. The summed E-state index contributed by atoms with van der Waals surface area (Å²) in [7, 11) is 1.63. The summed E-state index contributed by atoms with van der Waals surface area (Å²) < 4.78 is 0.506. The molecule has 0 atom stereocenters. The third-order valence-corrected chi connectivity index (χ3v) is 5.04. The molecule has 0 aliphatic carbocycles. The first-order valence-electron chi connectivity index (χ1n) is 5.53. The van der Waals surface area contributed by atoms with Crippen molar-refractivity contribution in [3.05, 3.63) is 32.7 Å². The van der Waals surface area contributed by atoms with Crippen LogP contribution >= 0.6 is 35.6 Å². The van der Waals surface area contributed by atoms with Gasteiger partial charge in [-0.05, 0) is 37.1 Å². The Morgan fingerprint density at radius 2 is 2.11 bits per heavy atom. The van der Waals surface area contributed by atoms with E-state index in [9.17, 15) is 9.90 Å². The van der Waals surface area contributed by atoms with Crippen LogP contribution in [0.3, 0.4) is 0 Å². The number of carbonyl (C=O) groups excluding carboxylic acids is 1. The molecular weight excluding hydrogens is 302 g/mol. The highest BCUT2D eigenvalue weighted by atomic mass is 35.5. The van der Waals surface area contributed by atoms with Crippen molar-refractivity contribution in [3.63, 3.8) is 0 Å². The van der Waals surface area contributed by atoms with Gasteiger partial charge in [0.25, 0.3) is 5.91 Å². The van der Waals surface area contributed by atoms with E-state index in [-0.39, 0.29) is 11.7 Å². The van der Waals surface area contributed by atoms with Gasteiger partial charge in [0.15, 0.2) is 0 Å². The molecular formula is C13H12ClNO2S2. The lowest BCUT2D eigenvalue weighted by molar-refractivity contribution is -0.121. The number of thiocarbonyl (C=S) groups is 1. The van der Waals surface area contributed by atoms with Crippen molar-refractivity contribution in [3.8, 4) is 5.75 Å². The van der Waals surface area contributed by atoms with Crippen LogP contribution in [0.4, 0.5) is 0 Å². The molecule has 1 aromatic rings. The third kappa shape index (κ3) is 2.50. The molecule has 19 heavy (non-hydrogen) atoms. The summed E-state index contributed by atoms with van der Waals surface area (Å²) in [6.45, 7) is 3.64. The second-order valence-electron chi connectivity index (χ2n) is 4.31. The van der Waals surface area contributed by atoms with Gasteiger partial charge in [0.1, 0.15) is 10.1 Å². The average molecular weight is 314 g/mol. The first-order chi connectivity index (χ1) is 8.82. The number of likely N-dealkylation sites (N-methyl/N-ethyl adjacent to an activating group) is 1. The molecule has 3 nitrogen and oxygen atoms in total. The number of rotatable bonds is 1. The number of carbonyl (C=O) groups is 1. The Kier molecular flexibility index (Phi) is 3.90. The van der Waals surface area contributed by atoms with E-state index in [1.807, 2.05) is 13.8 Å². The molecule has 1 N–H and O–H groups in total. The molecule has 1 aromatic carbocycles. The number of benzene rings is 1. The van der Waals surface area contributed by atoms with E-state index in [4.69, 9.17) is 23.8 Å². The van der Waals surface area contributed by atoms with Gasteiger partial charge < -0.3 is 5.11 Å². The van der Waals surface area contributed by atoms with Gasteiger partial charge in [-0.25, -0.2) is 0 Å². The number of halogens is 1. The van der Waals surface area contributed by atoms with Gasteiger partial charge in [0.2, 0.25) is 0 Å². The molecule has 100 valence electrons. The van der Waals surface area contributed by atoms with Gasteiger partial charge >= 0.3 is 0 Å². The standard InChI is InChI=1S/C13H12ClNO2S2/c1-6-4-9(16)8(7(2)11(6)14)5-10-12(17)15(3)13(18)19-10/h4-5,16H,1-3H3/b10-5-. The Balaban J connectivity index is 2.54. The molecule has 2 rings (SSSR count). The second kappa shape index (κ2) is 5.15. The predicted octanol–water partition coefficient (Wildman–Crippen LogP) is 3.49. The molecule has 1 saturated heterocycles. The number of nitrogens with zero attached hydrogens (tertiary/aromatic N) is 1. The van der Waals surface area contributed by atoms with E-state index in [0.29, 0.717) is 19.8 Å². The molecule has 0 unspecified atom stereocenters. The fourth-order valence-electron chi connectivity index (χ4n) is 1.81. The van der Waals surface area contributed by atoms with Crippen LogP contribution in [0.25, 0.3) is 6.08 Å². The number of aryl methyl sites for hydroxylation is 1. The Morgan fingerprint density at radius 3 is 2.63 bits per heavy atom. The summed E-state index contributed by atoms with van der Waals surface area (Å²) in [5, 5.41) is 10.6. The number of hydrogen-bond acceptors (Lipinski definition) is 4. The quantitative estimate of drug-likeness (QED) is 0.636. The van der Waals surface area contributed by atoms with Crippen LogP contribution in [0.15, 0.2) is 11.0 Å². The Bertz CT molecular complexity index is 626. The van der Waals surface area contributed by atoms with E-state index in [0.717, 1.165) is 11.1 Å². The lowest BCUT2D eigenvalue weighted by atomic mass is 10.0. The zero-order valence-electron chi connectivity index (χ0n) is 10.7. The minimum Gasteiger partial charge on any atom is -0.507 e. The van der Waals surface area contributed by atoms with Gasteiger partial charge in [-0.2, -0.15) is 0 Å². The van der Waals surface area contributed by atoms with Gasteiger partial charge in [-0.15, -0.1) is 0 Å². The first kappa shape index (κ1) is 14.4. The molecule has 0 bridgehead atoms. The fraction of sp³-hybridized carbons (Fsp3) is 0.231. The van der Waals surface area contributed by atoms with Crippen molar-refractivity contribution >= 4 is 51.9 Å². The molecule has 1 aliphatic heterocycles. The van der Waals surface area contributed by atoms with Crippen molar-refractivity contribution in [1.82, 2.24) is 4.90 Å². The summed E-state index contributed by atoms with van der Waals surface area (Å²) in [5.41, 5.74) is 2.11. The molecule has 0 aromatic heterocycles. The van der Waals surface area contributed by atoms with Crippen LogP contribution in [-0.2, 0) is 4.79 Å². The van der Waals surface area contributed by atoms with Crippen LogP contribution in [0.2, 0.25) is 5.02 Å². The summed E-state index contributed by atoms with van der Waals surface area (Å²) in [6.07, 6.45) is 1.64. The highest BCUT2D eigenvalue weighted by Gasteiger charge is 2.29. The highest BCUT2D eigenvalue weighted by molar-refractivity contribution is 8.26. The predicted molar refractivity (Wildman–Crippen MR) is 83.5 cm³/mol. The number of thioether (sulfide) groups is 1. The van der Waals surface area contributed by atoms with Crippen LogP contribution < -0.4 is 0 Å². The number of amides is 1. The highest BCUT2D eigenvalue weighted by Crippen LogP contribution is 2.36. The van der Waals surface area contributed by atoms with E-state index >= 15 is 0 Å². The number of aromatic hydroxyl groups is 1. The molecule has 6 heteroatoms. The zero-order valence-corrected chi connectivity index (χ0v) is 13.0. The Labute approximate surface area is 126 Å². The van der Waals surface area contributed by atoms with Crippen molar-refractivity contribution < 1.29 is 9.90 Å². The fourth-order valence-corrected chi connectivity index (χ4v) is 3.13. The molecule has 0 saturated carbocycles. The largest absolute Gasteiger partial charge is 0.507 e. The zero-order chi connectivity index (χ0) is 14.3. The summed E-state index contributed by atoms with van der Waals surface area (Å²) in [6, 6.07) is 1.59. The minimum atomic E-state index is -0.162. The van der Waals surface area contributed by atoms with Crippen LogP contribution in [0.5, 0.6) is 5.75 Å². The van der Waals surface area contributed by atoms with Crippen molar-refractivity contribution in [2.45, 2.75) is 13.8 Å². The van der Waals surface area contributed by atoms with E-state index in [2.05, 4.69) is 0 Å². The normalized spacial score (nSPS) is 17.7. The van der Waals surface area contributed by atoms with Crippen LogP contribution in [0, 0.1) is 13.8 Å². The molecule has 1 aliphatic rings. The average Bonchev–Trinajstić information content (AvgIpc) is 2.59. The van der Waals surface area contributed by atoms with Crippen molar-refractivity contribution in [2.75, 3.05) is 7.05 Å². The summed E-state index contributed by atoms with van der Waals surface area (Å²) in [5.74, 6) is -0.0498. The smallest absolute Gasteiger partial charge is 0.265 e. The number of phenolic OH excluding ortho intramolecular Hbond substituents is 1. The number of phenols is 1. The Morgan fingerprint density at radius 1 is 1.47 bits per heavy atom. The van der Waals surface area contributed by atoms with E-state index in [1.54, 1.807) is 19.2 Å². The van der Waals surface area contributed by atoms with Gasteiger partial charge in [-0.1, -0.05) is 35.6 Å². The van der Waals surface area contributed by atoms with Crippen LogP contribution in [-0.4, -0.2) is 27.3 Å². The maximum atomic E-state index is 11.9. The van der Waals surface area contributed by atoms with Crippen LogP contribution in [0.1, 0.15) is 16.7 Å². The topological polar surface area (TPSA) is 40.5 Å². The van der Waals surface area contributed by atoms with Crippen molar-refractivity contribution in [2.24, 2.45) is 0 Å². The molecule has 0 radical (unpaired) electrons. The first-order valence-corrected chi connectivity index (χ1v) is 7.13. The molecule has 1 amide bonds. The van der Waals surface area contributed by atoms with E-state index < -0.39 is 0 Å². The molecule has 1 fully saturated rings. The molecule has 0 spiro atoms. The summed E-state index contributed by atoms with van der Waals surface area (Å²) in [4.78, 5) is 13.8. The maximum absolute atomic E-state index is 11.9. The minimum absolute atomic E-state index is 0.112. The van der Waals surface area contributed by atoms with Gasteiger partial charge in [0.05, 0.1) is 4.91 Å². The van der Waals surface area contributed by atoms with E-state index in [1.165, 1.54) is 16.7 Å². The number of hydrogen-bond donors (Lipinski definition) is 1. The SMILES string of the molecule is Cc1cc(O)c(/C=C2\SC(=S)N(C)C2=O)c(C)c1Cl. The lowest BCUT2D eigenvalue weighted by Crippen LogP contribution is -2.22. The van der Waals surface area contributed by atoms with Gasteiger partial charge in [0, 0.05) is 17.6 Å². The van der Waals surface area contributed by atoms with Gasteiger partial charge in [-0.3, -0.25) is 9.69 Å². The van der Waals surface area contributed by atoms with Crippen molar-refractivity contribution in [1.29, 1.82) is 0 Å². The molecule has 1 heterocycles. The second-order valence-corrected chi connectivity index (χ2v) is 6.36. The third-order valence-electron chi connectivity index (χ3n) is 2.97. The Hall–Kier alpha value is -1.04. The summed E-state index contributed by atoms with van der Waals surface area (Å²) >= 11 is 12.4. The monoisotopic (exact) mass is 313 g/mol.